The molecule has 6 heteroatoms. The van der Waals surface area contributed by atoms with Crippen molar-refractivity contribution >= 4 is 18.1 Å². The summed E-state index contributed by atoms with van der Waals surface area (Å²) >= 11 is 0. The van der Waals surface area contributed by atoms with Crippen molar-refractivity contribution in [3.63, 3.8) is 0 Å². The number of hydrogen-bond donors (Lipinski definition) is 1. The SMILES string of the molecule is CN(C)CCn1nccc(N)c1=O.Cl. The molecule has 0 aliphatic rings. The molecule has 1 heterocycles. The third kappa shape index (κ3) is 3.35. The van der Waals surface area contributed by atoms with Gasteiger partial charge in [-0.1, -0.05) is 0 Å². The molecule has 1 rings (SSSR count). The molecule has 0 aliphatic carbocycles. The van der Waals surface area contributed by atoms with E-state index < -0.39 is 0 Å². The lowest BCUT2D eigenvalue weighted by atomic mass is 10.5. The number of nitrogens with zero attached hydrogens (tertiary/aromatic N) is 3. The Balaban J connectivity index is 0.00000169. The van der Waals surface area contributed by atoms with Gasteiger partial charge in [0.2, 0.25) is 0 Å². The molecule has 0 radical (unpaired) electrons. The zero-order chi connectivity index (χ0) is 9.84. The summed E-state index contributed by atoms with van der Waals surface area (Å²) in [5.74, 6) is 0. The van der Waals surface area contributed by atoms with Gasteiger partial charge in [0.1, 0.15) is 5.69 Å². The summed E-state index contributed by atoms with van der Waals surface area (Å²) in [6.45, 7) is 1.34. The standard InChI is InChI=1S/C8H14N4O.ClH/c1-11(2)5-6-12-8(13)7(9)3-4-10-12;/h3-4H,5-6,9H2,1-2H3;1H. The zero-order valence-corrected chi connectivity index (χ0v) is 9.12. The van der Waals surface area contributed by atoms with Crippen molar-refractivity contribution in [2.45, 2.75) is 6.54 Å². The van der Waals surface area contributed by atoms with Gasteiger partial charge in [0.15, 0.2) is 0 Å². The molecule has 0 unspecified atom stereocenters. The Morgan fingerprint density at radius 2 is 2.21 bits per heavy atom. The fraction of sp³-hybridized carbons (Fsp3) is 0.500. The molecule has 0 saturated heterocycles. The van der Waals surface area contributed by atoms with Crippen LogP contribution in [0.1, 0.15) is 0 Å². The average Bonchev–Trinajstić information content (AvgIpc) is 2.07. The number of halogens is 1. The van der Waals surface area contributed by atoms with Crippen LogP contribution in [0.5, 0.6) is 0 Å². The molecule has 0 bridgehead atoms. The van der Waals surface area contributed by atoms with Crippen LogP contribution in [0.4, 0.5) is 5.69 Å². The fourth-order valence-corrected chi connectivity index (χ4v) is 0.921. The fourth-order valence-electron chi connectivity index (χ4n) is 0.921. The Morgan fingerprint density at radius 3 is 2.79 bits per heavy atom. The molecule has 0 amide bonds. The van der Waals surface area contributed by atoms with Crippen LogP contribution in [-0.4, -0.2) is 35.3 Å². The summed E-state index contributed by atoms with van der Waals surface area (Å²) in [5.41, 5.74) is 5.47. The number of hydrogen-bond acceptors (Lipinski definition) is 4. The quantitative estimate of drug-likeness (QED) is 0.764. The first-order chi connectivity index (χ1) is 6.11. The summed E-state index contributed by atoms with van der Waals surface area (Å²) in [4.78, 5) is 13.3. The molecule has 0 spiro atoms. The summed E-state index contributed by atoms with van der Waals surface area (Å²) in [5, 5.41) is 3.91. The summed E-state index contributed by atoms with van der Waals surface area (Å²) in [6.07, 6.45) is 1.53. The third-order valence-electron chi connectivity index (χ3n) is 1.70. The van der Waals surface area contributed by atoms with E-state index in [9.17, 15) is 4.79 Å². The smallest absolute Gasteiger partial charge is 0.289 e. The molecular weight excluding hydrogens is 204 g/mol. The van der Waals surface area contributed by atoms with Crippen LogP contribution >= 0.6 is 12.4 Å². The highest BCUT2D eigenvalue weighted by Gasteiger charge is 2.00. The van der Waals surface area contributed by atoms with E-state index in [2.05, 4.69) is 5.10 Å². The minimum Gasteiger partial charge on any atom is -0.394 e. The molecule has 2 N–H and O–H groups in total. The Bertz CT molecular complexity index is 336. The van der Waals surface area contributed by atoms with Gasteiger partial charge in [0, 0.05) is 12.7 Å². The summed E-state index contributed by atoms with van der Waals surface area (Å²) in [7, 11) is 3.88. The Morgan fingerprint density at radius 1 is 1.57 bits per heavy atom. The monoisotopic (exact) mass is 218 g/mol. The van der Waals surface area contributed by atoms with Gasteiger partial charge in [0.25, 0.3) is 5.56 Å². The number of anilines is 1. The highest BCUT2D eigenvalue weighted by atomic mass is 35.5. The maximum Gasteiger partial charge on any atom is 0.289 e. The lowest BCUT2D eigenvalue weighted by Crippen LogP contribution is -2.29. The molecule has 80 valence electrons. The van der Waals surface area contributed by atoms with Crippen LogP contribution in [0.15, 0.2) is 17.1 Å². The zero-order valence-electron chi connectivity index (χ0n) is 8.30. The van der Waals surface area contributed by atoms with Crippen molar-refractivity contribution < 1.29 is 0 Å². The largest absolute Gasteiger partial charge is 0.394 e. The van der Waals surface area contributed by atoms with Crippen LogP contribution < -0.4 is 11.3 Å². The molecule has 0 aliphatic heterocycles. The first kappa shape index (κ1) is 12.9. The Kier molecular flexibility index (Phi) is 5.19. The van der Waals surface area contributed by atoms with Crippen LogP contribution in [-0.2, 0) is 6.54 Å². The van der Waals surface area contributed by atoms with Crippen molar-refractivity contribution in [3.05, 3.63) is 22.6 Å². The molecule has 5 nitrogen and oxygen atoms in total. The molecule has 0 fully saturated rings. The van der Waals surface area contributed by atoms with Gasteiger partial charge >= 0.3 is 0 Å². The lowest BCUT2D eigenvalue weighted by Gasteiger charge is -2.09. The van der Waals surface area contributed by atoms with Crippen LogP contribution in [0.25, 0.3) is 0 Å². The van der Waals surface area contributed by atoms with Crippen molar-refractivity contribution in [2.24, 2.45) is 0 Å². The first-order valence-electron chi connectivity index (χ1n) is 4.07. The van der Waals surface area contributed by atoms with E-state index in [-0.39, 0.29) is 23.7 Å². The topological polar surface area (TPSA) is 64.2 Å². The summed E-state index contributed by atoms with van der Waals surface area (Å²) < 4.78 is 1.37. The van der Waals surface area contributed by atoms with Crippen molar-refractivity contribution in [2.75, 3.05) is 26.4 Å². The molecule has 0 saturated carbocycles. The van der Waals surface area contributed by atoms with E-state index >= 15 is 0 Å². The first-order valence-corrected chi connectivity index (χ1v) is 4.07. The van der Waals surface area contributed by atoms with Gasteiger partial charge in [-0.25, -0.2) is 4.68 Å². The van der Waals surface area contributed by atoms with Crippen molar-refractivity contribution in [3.8, 4) is 0 Å². The van der Waals surface area contributed by atoms with E-state index in [1.807, 2.05) is 19.0 Å². The van der Waals surface area contributed by atoms with Crippen molar-refractivity contribution in [1.29, 1.82) is 0 Å². The number of rotatable bonds is 3. The van der Waals surface area contributed by atoms with E-state index in [1.54, 1.807) is 0 Å². The van der Waals surface area contributed by atoms with Crippen LogP contribution in [0, 0.1) is 0 Å². The van der Waals surface area contributed by atoms with Crippen LogP contribution in [0.2, 0.25) is 0 Å². The maximum atomic E-state index is 11.3. The number of nitrogen functional groups attached to an aromatic ring is 1. The van der Waals surface area contributed by atoms with Gasteiger partial charge in [-0.05, 0) is 20.2 Å². The number of nitrogens with two attached hydrogens (primary N) is 1. The average molecular weight is 219 g/mol. The molecule has 0 aromatic carbocycles. The second-order valence-electron chi connectivity index (χ2n) is 3.12. The molecule has 14 heavy (non-hydrogen) atoms. The molecule has 1 aromatic rings. The molecule has 1 aromatic heterocycles. The Hall–Kier alpha value is -1.07. The predicted octanol–water partition coefficient (Wildman–Crippen LogP) is -0.191. The van der Waals surface area contributed by atoms with Gasteiger partial charge in [-0.3, -0.25) is 4.79 Å². The minimum absolute atomic E-state index is 0. The van der Waals surface area contributed by atoms with Crippen molar-refractivity contribution in [1.82, 2.24) is 14.7 Å². The normalized spacial score (nSPS) is 9.93. The van der Waals surface area contributed by atoms with E-state index in [1.165, 1.54) is 16.9 Å². The van der Waals surface area contributed by atoms with E-state index in [0.717, 1.165) is 6.54 Å². The Labute approximate surface area is 88.9 Å². The van der Waals surface area contributed by atoms with Gasteiger partial charge in [-0.2, -0.15) is 5.10 Å². The second kappa shape index (κ2) is 5.62. The van der Waals surface area contributed by atoms with Crippen LogP contribution in [0.3, 0.4) is 0 Å². The van der Waals surface area contributed by atoms with Gasteiger partial charge in [-0.15, -0.1) is 12.4 Å². The number of likely N-dealkylation sites (N-methyl/N-ethyl adjacent to an activating group) is 1. The minimum atomic E-state index is -0.218. The lowest BCUT2D eigenvalue weighted by molar-refractivity contribution is 0.368. The highest BCUT2D eigenvalue weighted by Crippen LogP contribution is 1.88. The molecule has 0 atom stereocenters. The summed E-state index contributed by atoms with van der Waals surface area (Å²) in [6, 6.07) is 1.51. The maximum absolute atomic E-state index is 11.3. The number of aromatic nitrogens is 2. The van der Waals surface area contributed by atoms with E-state index in [4.69, 9.17) is 5.73 Å². The van der Waals surface area contributed by atoms with E-state index in [0.29, 0.717) is 6.54 Å². The highest BCUT2D eigenvalue weighted by molar-refractivity contribution is 5.85. The van der Waals surface area contributed by atoms with Gasteiger partial charge in [0.05, 0.1) is 6.54 Å². The van der Waals surface area contributed by atoms with Gasteiger partial charge < -0.3 is 10.6 Å². The molecular formula is C8H15ClN4O. The third-order valence-corrected chi connectivity index (χ3v) is 1.70. The second-order valence-corrected chi connectivity index (χ2v) is 3.12. The predicted molar refractivity (Wildman–Crippen MR) is 58.7 cm³/mol.